The Morgan fingerprint density at radius 3 is 1.64 bits per heavy atom. The molecule has 390 valence electrons. The number of nitrogens with one attached hydrogen (secondary N) is 4. The van der Waals surface area contributed by atoms with Crippen LogP contribution in [-0.2, 0) is 14.3 Å². The Kier molecular flexibility index (Phi) is 14.2. The van der Waals surface area contributed by atoms with Crippen molar-refractivity contribution in [1.82, 2.24) is 40.4 Å². The Labute approximate surface area is 429 Å². The topological polar surface area (TPSA) is 192 Å². The molecule has 0 spiro atoms. The van der Waals surface area contributed by atoms with E-state index in [-0.39, 0.29) is 59.5 Å². The highest BCUT2D eigenvalue weighted by molar-refractivity contribution is 5.87. The van der Waals surface area contributed by atoms with E-state index in [2.05, 4.69) is 31.6 Å². The van der Waals surface area contributed by atoms with Crippen LogP contribution in [0.1, 0.15) is 144 Å². The second kappa shape index (κ2) is 20.9. The summed E-state index contributed by atoms with van der Waals surface area (Å²) >= 11 is 0. The first-order chi connectivity index (χ1) is 35.7. The van der Waals surface area contributed by atoms with E-state index >= 15 is 8.78 Å². The van der Waals surface area contributed by atoms with Crippen LogP contribution in [0.25, 0.3) is 22.1 Å². The number of carboxylic acid groups (broad SMARTS) is 1. The van der Waals surface area contributed by atoms with Gasteiger partial charge in [0.15, 0.2) is 11.6 Å². The lowest BCUT2D eigenvalue weighted by Gasteiger charge is -2.39. The number of aromatic amines is 2. The molecule has 4 aromatic carbocycles. The third kappa shape index (κ3) is 9.70. The van der Waals surface area contributed by atoms with Crippen LogP contribution in [0.15, 0.2) is 78.9 Å². The molecule has 4 aliphatic rings. The lowest BCUT2D eigenvalue weighted by Crippen LogP contribution is -2.51. The van der Waals surface area contributed by atoms with Crippen LogP contribution in [0.5, 0.6) is 0 Å². The van der Waals surface area contributed by atoms with Gasteiger partial charge >= 0.3 is 12.2 Å². The third-order valence-electron chi connectivity index (χ3n) is 15.8. The summed E-state index contributed by atoms with van der Waals surface area (Å²) in [6.07, 6.45) is 4.83. The molecule has 4 fully saturated rings. The van der Waals surface area contributed by atoms with Gasteiger partial charge in [0.25, 0.3) is 0 Å². The number of carbonyl (C=O) groups excluding carboxylic acids is 3. The molecule has 2 aromatic heterocycles. The number of anilines is 2. The summed E-state index contributed by atoms with van der Waals surface area (Å²) in [7, 11) is 1.27. The van der Waals surface area contributed by atoms with E-state index in [9.17, 15) is 24.3 Å². The first kappa shape index (κ1) is 50.3. The first-order valence-corrected chi connectivity index (χ1v) is 26.2. The molecule has 0 radical (unpaired) electrons. The molecule has 10 rings (SSSR count). The molecule has 0 saturated carbocycles. The summed E-state index contributed by atoms with van der Waals surface area (Å²) in [6.45, 7) is 8.91. The first-order valence-electron chi connectivity index (χ1n) is 26.2. The number of ether oxygens (including phenoxy) is 1. The molecule has 18 heteroatoms. The Morgan fingerprint density at radius 2 is 1.14 bits per heavy atom. The molecule has 0 aliphatic carbocycles. The fourth-order valence-electron chi connectivity index (χ4n) is 12.2. The summed E-state index contributed by atoms with van der Waals surface area (Å²) < 4.78 is 39.0. The van der Waals surface area contributed by atoms with E-state index in [0.29, 0.717) is 73.7 Å². The normalized spacial score (nSPS) is 22.0. The Balaban J connectivity index is 0.994. The zero-order valence-electron chi connectivity index (χ0n) is 42.6. The summed E-state index contributed by atoms with van der Waals surface area (Å²) in [5.41, 5.74) is 6.19. The van der Waals surface area contributed by atoms with Gasteiger partial charge in [-0.05, 0) is 123 Å². The molecule has 0 bridgehead atoms. The van der Waals surface area contributed by atoms with Gasteiger partial charge in [-0.2, -0.15) is 0 Å². The van der Waals surface area contributed by atoms with Crippen molar-refractivity contribution < 1.29 is 37.8 Å². The number of halogens is 2. The summed E-state index contributed by atoms with van der Waals surface area (Å²) in [5, 5.41) is 14.6. The van der Waals surface area contributed by atoms with Crippen LogP contribution in [0, 0.1) is 23.5 Å². The number of alkyl carbamates (subject to hydrolysis) is 1. The van der Waals surface area contributed by atoms with Crippen LogP contribution in [0.2, 0.25) is 0 Å². The van der Waals surface area contributed by atoms with Gasteiger partial charge in [-0.3, -0.25) is 9.59 Å². The second-order valence-corrected chi connectivity index (χ2v) is 21.1. The van der Waals surface area contributed by atoms with Crippen molar-refractivity contribution in [3.05, 3.63) is 119 Å². The molecule has 6 aromatic rings. The SMILES string of the molecule is COC(=O)N[C@H](C(=O)N1CCC[C@H]1c1nc2ccc([C@H]3CC[C@H](c4ccc5nc([C@@H]6CCCN6C(=O)[C@@H](NC(=O)O)C(C)C)[nH]c5c4)N3c3cc(F)c(N4CCCCC4c4ccccc4)c(F)c3)cc2[nH]1)C(C)C. The van der Waals surface area contributed by atoms with Gasteiger partial charge in [-0.15, -0.1) is 0 Å². The van der Waals surface area contributed by atoms with Crippen LogP contribution in [0.4, 0.5) is 29.7 Å². The number of carbonyl (C=O) groups is 4. The van der Waals surface area contributed by atoms with Crippen molar-refractivity contribution in [1.29, 1.82) is 0 Å². The Bertz CT molecular complexity index is 3030. The van der Waals surface area contributed by atoms with Crippen molar-refractivity contribution in [2.24, 2.45) is 11.8 Å². The number of piperidine rings is 1. The largest absolute Gasteiger partial charge is 0.465 e. The van der Waals surface area contributed by atoms with Crippen LogP contribution in [0.3, 0.4) is 0 Å². The standard InChI is InChI=1S/C56H66F2N10O6/c1-31(2)48(63-55(71)72)53(69)66-25-11-16-46(66)51-59-39-20-18-34(27-41(39)61-51)44-22-23-45(68(44)36-29-37(57)50(38(58)30-36)65-24-10-9-15-43(65)33-13-7-6-8-14-33)35-19-21-40-42(28-35)62-52(60-40)47-17-12-26-67(47)54(70)49(32(3)4)64-56(73)74-5/h6-8,13-14,18-21,27-32,43-49,63H,9-12,15-17,22-26H2,1-5H3,(H,59,61)(H,60,62)(H,64,73)(H,71,72)/t43?,44-,45-,46+,47+,48+,49+/m1/s1. The van der Waals surface area contributed by atoms with Crippen LogP contribution < -0.4 is 20.4 Å². The predicted molar refractivity (Wildman–Crippen MR) is 277 cm³/mol. The minimum atomic E-state index is -1.25. The summed E-state index contributed by atoms with van der Waals surface area (Å²) in [5.74, 6) is -0.917. The molecule has 1 unspecified atom stereocenters. The number of likely N-dealkylation sites (tertiary alicyclic amines) is 2. The monoisotopic (exact) mass is 1010 g/mol. The highest BCUT2D eigenvalue weighted by Crippen LogP contribution is 2.50. The van der Waals surface area contributed by atoms with Gasteiger partial charge in [0.05, 0.1) is 59.4 Å². The van der Waals surface area contributed by atoms with E-state index in [4.69, 9.17) is 14.7 Å². The number of aromatic nitrogens is 4. The van der Waals surface area contributed by atoms with Crippen molar-refractivity contribution in [3.63, 3.8) is 0 Å². The number of hydrogen-bond donors (Lipinski definition) is 5. The maximum absolute atomic E-state index is 17.1. The molecule has 5 N–H and O–H groups in total. The number of amides is 4. The van der Waals surface area contributed by atoms with Gasteiger partial charge in [0.1, 0.15) is 29.4 Å². The van der Waals surface area contributed by atoms with Gasteiger partial charge < -0.3 is 50.0 Å². The fourth-order valence-corrected chi connectivity index (χ4v) is 12.2. The molecular formula is C56H66F2N10O6. The van der Waals surface area contributed by atoms with E-state index in [1.165, 1.54) is 19.2 Å². The minimum absolute atomic E-state index is 0.0226. The number of methoxy groups -OCH3 is 1. The van der Waals surface area contributed by atoms with Gasteiger partial charge in [-0.25, -0.2) is 28.3 Å². The summed E-state index contributed by atoms with van der Waals surface area (Å²) in [4.78, 5) is 76.2. The number of imidazole rings is 2. The van der Waals surface area contributed by atoms with Crippen molar-refractivity contribution in [2.75, 3.05) is 36.5 Å². The maximum Gasteiger partial charge on any atom is 0.407 e. The number of rotatable bonds is 13. The van der Waals surface area contributed by atoms with Crippen molar-refractivity contribution >= 4 is 57.4 Å². The lowest BCUT2D eigenvalue weighted by atomic mass is 9.94. The fraction of sp³-hybridized carbons (Fsp3) is 0.464. The molecule has 7 atom stereocenters. The van der Waals surface area contributed by atoms with E-state index in [0.717, 1.165) is 59.8 Å². The number of benzene rings is 4. The molecule has 4 saturated heterocycles. The number of nitrogens with zero attached hydrogens (tertiary/aromatic N) is 6. The molecule has 4 aliphatic heterocycles. The molecular weight excluding hydrogens is 947 g/mol. The van der Waals surface area contributed by atoms with E-state index in [1.54, 1.807) is 9.80 Å². The van der Waals surface area contributed by atoms with Crippen molar-refractivity contribution in [2.45, 2.75) is 128 Å². The number of hydrogen-bond acceptors (Lipinski definition) is 9. The lowest BCUT2D eigenvalue weighted by molar-refractivity contribution is -0.136. The minimum Gasteiger partial charge on any atom is -0.465 e. The zero-order valence-corrected chi connectivity index (χ0v) is 42.6. The quantitative estimate of drug-likeness (QED) is 0.0744. The highest BCUT2D eigenvalue weighted by atomic mass is 19.1. The smallest absolute Gasteiger partial charge is 0.407 e. The molecule has 6 heterocycles. The summed E-state index contributed by atoms with van der Waals surface area (Å²) in [6, 6.07) is 21.7. The van der Waals surface area contributed by atoms with Crippen LogP contribution in [-0.4, -0.2) is 97.7 Å². The predicted octanol–water partition coefficient (Wildman–Crippen LogP) is 10.5. The molecule has 16 nitrogen and oxygen atoms in total. The van der Waals surface area contributed by atoms with E-state index in [1.807, 2.05) is 93.3 Å². The Hall–Kier alpha value is -7.24. The van der Waals surface area contributed by atoms with Crippen LogP contribution >= 0.6 is 0 Å². The van der Waals surface area contributed by atoms with Gasteiger partial charge in [0, 0.05) is 25.3 Å². The third-order valence-corrected chi connectivity index (χ3v) is 15.8. The van der Waals surface area contributed by atoms with Gasteiger partial charge in [0.2, 0.25) is 11.8 Å². The number of fused-ring (bicyclic) bond motifs is 2. The van der Waals surface area contributed by atoms with E-state index < -0.39 is 35.9 Å². The maximum atomic E-state index is 17.1. The highest BCUT2D eigenvalue weighted by Gasteiger charge is 2.41. The molecule has 74 heavy (non-hydrogen) atoms. The van der Waals surface area contributed by atoms with Crippen molar-refractivity contribution in [3.8, 4) is 0 Å². The number of H-pyrrole nitrogens is 2. The zero-order chi connectivity index (χ0) is 51.9. The average molecular weight is 1010 g/mol. The Morgan fingerprint density at radius 1 is 0.622 bits per heavy atom. The second-order valence-electron chi connectivity index (χ2n) is 21.1. The average Bonchev–Trinajstić information content (AvgIpc) is 4.26. The van der Waals surface area contributed by atoms with Gasteiger partial charge in [-0.1, -0.05) is 70.2 Å². The molecule has 4 amide bonds.